The number of ether oxygens (including phenoxy) is 1. The predicted molar refractivity (Wildman–Crippen MR) is 204 cm³/mol. The number of aliphatic hydroxyl groups is 1. The Morgan fingerprint density at radius 2 is 1.76 bits per heavy atom. The first-order chi connectivity index (χ1) is 25.8. The molecule has 0 bridgehead atoms. The topological polar surface area (TPSA) is 171 Å². The summed E-state index contributed by atoms with van der Waals surface area (Å²) in [6, 6.07) is 26.1. The number of aromatic amines is 1. The number of anilines is 1. The number of carbonyl (C=O) groups is 2. The first-order valence-electron chi connectivity index (χ1n) is 18.1. The molecule has 13 nitrogen and oxygen atoms in total. The quantitative estimate of drug-likeness (QED) is 0.114. The SMILES string of the molecule is C[C@H]1[C@H]([Si](C)(C)O)[C@@H](CC(=O)N2Cc3ccccc3C[C@H]2CO)O[C@]12C(=O)N(Cc1cccc(-n3[nH]c4ccccc4c3=O)c1)c1ccc([N+](=O)[O-])cc12. The number of nitrogens with zero attached hydrogens (tertiary/aromatic N) is 4. The lowest BCUT2D eigenvalue weighted by molar-refractivity contribution is -0.385. The van der Waals surface area contributed by atoms with Gasteiger partial charge in [0.2, 0.25) is 5.91 Å². The molecular weight excluding hydrogens is 707 g/mol. The normalized spacial score (nSPS) is 23.6. The van der Waals surface area contributed by atoms with E-state index in [1.54, 1.807) is 59.3 Å². The zero-order valence-electron chi connectivity index (χ0n) is 30.1. The fraction of sp³-hybridized carbons (Fsp3) is 0.325. The van der Waals surface area contributed by atoms with E-state index in [1.807, 2.05) is 49.4 Å². The Balaban J connectivity index is 1.16. The van der Waals surface area contributed by atoms with Crippen molar-refractivity contribution in [3.63, 3.8) is 0 Å². The molecule has 0 unspecified atom stereocenters. The van der Waals surface area contributed by atoms with Gasteiger partial charge in [0.15, 0.2) is 13.9 Å². The molecule has 14 heteroatoms. The number of nitro benzene ring substituents is 1. The van der Waals surface area contributed by atoms with E-state index in [2.05, 4.69) is 5.10 Å². The van der Waals surface area contributed by atoms with Crippen molar-refractivity contribution in [1.82, 2.24) is 14.7 Å². The third-order valence-electron chi connectivity index (χ3n) is 11.5. The molecule has 4 heterocycles. The number of non-ortho nitro benzene ring substituents is 1. The summed E-state index contributed by atoms with van der Waals surface area (Å²) < 4.78 is 8.29. The molecule has 2 amide bonds. The lowest BCUT2D eigenvalue weighted by Crippen LogP contribution is -2.48. The Morgan fingerprint density at radius 3 is 2.48 bits per heavy atom. The van der Waals surface area contributed by atoms with Crippen LogP contribution in [0.4, 0.5) is 11.4 Å². The fourth-order valence-corrected chi connectivity index (χ4v) is 11.6. The van der Waals surface area contributed by atoms with Crippen molar-refractivity contribution in [3.8, 4) is 5.69 Å². The van der Waals surface area contributed by atoms with Gasteiger partial charge in [-0.1, -0.05) is 55.5 Å². The number of rotatable bonds is 8. The average Bonchev–Trinajstić information content (AvgIpc) is 3.73. The molecule has 0 radical (unpaired) electrons. The molecule has 8 rings (SSSR count). The molecule has 4 aromatic carbocycles. The van der Waals surface area contributed by atoms with Crippen LogP contribution in [0.15, 0.2) is 95.8 Å². The molecule has 54 heavy (non-hydrogen) atoms. The van der Waals surface area contributed by atoms with Crippen LogP contribution in [0.25, 0.3) is 16.6 Å². The monoisotopic (exact) mass is 747 g/mol. The Labute approximate surface area is 311 Å². The van der Waals surface area contributed by atoms with Crippen molar-refractivity contribution in [2.75, 3.05) is 11.5 Å². The lowest BCUT2D eigenvalue weighted by Gasteiger charge is -2.37. The van der Waals surface area contributed by atoms with Crippen molar-refractivity contribution < 1.29 is 29.2 Å². The number of carbonyl (C=O) groups excluding carboxylic acids is 2. The third-order valence-corrected chi connectivity index (χ3v) is 14.0. The summed E-state index contributed by atoms with van der Waals surface area (Å²) in [5.74, 6) is -1.38. The van der Waals surface area contributed by atoms with Crippen LogP contribution >= 0.6 is 0 Å². The summed E-state index contributed by atoms with van der Waals surface area (Å²) in [6.45, 7) is 5.47. The van der Waals surface area contributed by atoms with Gasteiger partial charge >= 0.3 is 0 Å². The number of fused-ring (bicyclic) bond motifs is 4. The first kappa shape index (κ1) is 35.6. The van der Waals surface area contributed by atoms with Gasteiger partial charge in [0.05, 0.1) is 58.9 Å². The first-order valence-corrected chi connectivity index (χ1v) is 21.1. The van der Waals surface area contributed by atoms with Gasteiger partial charge < -0.3 is 24.4 Å². The number of amides is 2. The van der Waals surface area contributed by atoms with E-state index < -0.39 is 48.4 Å². The van der Waals surface area contributed by atoms with Crippen LogP contribution in [0.3, 0.4) is 0 Å². The van der Waals surface area contributed by atoms with Gasteiger partial charge in [0.1, 0.15) is 0 Å². The van der Waals surface area contributed by atoms with Crippen LogP contribution in [0.1, 0.15) is 35.6 Å². The van der Waals surface area contributed by atoms with Crippen LogP contribution in [-0.4, -0.2) is 68.4 Å². The number of H-pyrrole nitrogens is 1. The van der Waals surface area contributed by atoms with E-state index in [1.165, 1.54) is 16.8 Å². The maximum Gasteiger partial charge on any atom is 0.279 e. The van der Waals surface area contributed by atoms with E-state index in [0.717, 1.165) is 11.1 Å². The van der Waals surface area contributed by atoms with Crippen molar-refractivity contribution in [2.24, 2.45) is 5.92 Å². The van der Waals surface area contributed by atoms with E-state index in [0.29, 0.717) is 46.4 Å². The van der Waals surface area contributed by atoms with Crippen molar-refractivity contribution in [1.29, 1.82) is 0 Å². The highest BCUT2D eigenvalue weighted by atomic mass is 28.4. The minimum absolute atomic E-state index is 0.0594. The second-order valence-corrected chi connectivity index (χ2v) is 19.2. The number of benzene rings is 4. The summed E-state index contributed by atoms with van der Waals surface area (Å²) >= 11 is 0. The Bertz CT molecular complexity index is 2390. The molecule has 5 aromatic rings. The molecule has 3 N–H and O–H groups in total. The highest BCUT2D eigenvalue weighted by molar-refractivity contribution is 6.71. The lowest BCUT2D eigenvalue weighted by atomic mass is 9.82. The third kappa shape index (κ3) is 5.68. The number of aromatic nitrogens is 2. The molecule has 1 spiro atoms. The zero-order valence-corrected chi connectivity index (χ0v) is 31.1. The Kier molecular flexibility index (Phi) is 8.68. The van der Waals surface area contributed by atoms with Gasteiger partial charge in [-0.05, 0) is 66.5 Å². The standard InChI is InChI=1S/C40H41N5O8Si/c1-24-37(54(2,3)52)35(20-36(47)42-22-27-11-5-4-10-26(27)18-30(42)23-46)53-40(24)32-19-29(45(50)51)15-16-34(32)43(39(40)49)21-25-9-8-12-28(17-25)44-38(48)31-13-6-7-14-33(31)41-44/h4-17,19,24,30,35,37,41,46,52H,18,20-23H2,1-3H3/t24-,30-,35+,37-,40+/m0/s1. The van der Waals surface area contributed by atoms with E-state index >= 15 is 4.79 Å². The fourth-order valence-electron chi connectivity index (χ4n) is 9.08. The molecule has 1 saturated heterocycles. The molecule has 0 saturated carbocycles. The number of hydrogen-bond acceptors (Lipinski definition) is 8. The van der Waals surface area contributed by atoms with Crippen LogP contribution in [0.5, 0.6) is 0 Å². The van der Waals surface area contributed by atoms with Crippen molar-refractivity contribution in [2.45, 2.75) is 69.2 Å². The summed E-state index contributed by atoms with van der Waals surface area (Å²) in [6.07, 6.45) is -0.538. The molecule has 3 aliphatic rings. The second kappa shape index (κ2) is 13.2. The molecule has 1 aromatic heterocycles. The van der Waals surface area contributed by atoms with Crippen LogP contribution in [0, 0.1) is 16.0 Å². The van der Waals surface area contributed by atoms with Crippen LogP contribution in [0.2, 0.25) is 18.6 Å². The molecule has 3 aliphatic heterocycles. The van der Waals surface area contributed by atoms with Crippen LogP contribution < -0.4 is 10.5 Å². The predicted octanol–water partition coefficient (Wildman–Crippen LogP) is 4.91. The molecule has 0 aliphatic carbocycles. The summed E-state index contributed by atoms with van der Waals surface area (Å²) in [5, 5.41) is 26.1. The van der Waals surface area contributed by atoms with Gasteiger partial charge in [-0.2, -0.15) is 0 Å². The molecule has 278 valence electrons. The van der Waals surface area contributed by atoms with Crippen molar-refractivity contribution >= 4 is 42.4 Å². The van der Waals surface area contributed by atoms with E-state index in [4.69, 9.17) is 4.74 Å². The van der Waals surface area contributed by atoms with Gasteiger partial charge in [0, 0.05) is 35.7 Å². The summed E-state index contributed by atoms with van der Waals surface area (Å²) in [7, 11) is -3.18. The summed E-state index contributed by atoms with van der Waals surface area (Å²) in [4.78, 5) is 69.0. The Hall–Kier alpha value is -5.41. The average molecular weight is 748 g/mol. The number of hydrogen-bond donors (Lipinski definition) is 3. The minimum atomic E-state index is -3.18. The van der Waals surface area contributed by atoms with Crippen molar-refractivity contribution in [3.05, 3.63) is 134 Å². The van der Waals surface area contributed by atoms with Gasteiger partial charge in [-0.3, -0.25) is 29.6 Å². The number of nitro groups is 1. The Morgan fingerprint density at radius 1 is 1.02 bits per heavy atom. The molecular formula is C40H41N5O8Si. The van der Waals surface area contributed by atoms with Gasteiger partial charge in [-0.15, -0.1) is 0 Å². The smallest absolute Gasteiger partial charge is 0.279 e. The maximum absolute atomic E-state index is 15.0. The number of nitrogens with one attached hydrogen (secondary N) is 1. The number of aliphatic hydroxyl groups excluding tert-OH is 1. The molecule has 1 fully saturated rings. The second-order valence-electron chi connectivity index (χ2n) is 15.2. The highest BCUT2D eigenvalue weighted by Crippen LogP contribution is 2.60. The van der Waals surface area contributed by atoms with Crippen LogP contribution in [-0.2, 0) is 39.4 Å². The highest BCUT2D eigenvalue weighted by Gasteiger charge is 2.66. The minimum Gasteiger partial charge on any atom is -0.432 e. The largest absolute Gasteiger partial charge is 0.432 e. The zero-order chi connectivity index (χ0) is 38.1. The summed E-state index contributed by atoms with van der Waals surface area (Å²) in [5.41, 5.74) is 2.00. The molecule has 5 atom stereocenters. The maximum atomic E-state index is 15.0. The van der Waals surface area contributed by atoms with Gasteiger partial charge in [-0.25, -0.2) is 4.68 Å². The number of para-hydroxylation sites is 1. The van der Waals surface area contributed by atoms with E-state index in [9.17, 15) is 29.6 Å². The van der Waals surface area contributed by atoms with E-state index in [-0.39, 0.29) is 36.7 Å². The van der Waals surface area contributed by atoms with Gasteiger partial charge in [0.25, 0.3) is 17.2 Å².